The minimum atomic E-state index is -0.628. The molecular weight excluding hydrogens is 192 g/mol. The van der Waals surface area contributed by atoms with E-state index in [2.05, 4.69) is 23.8 Å². The number of carboxylic acid groups (broad SMARTS) is 1. The molecule has 2 saturated heterocycles. The first-order chi connectivity index (χ1) is 7.08. The smallest absolute Gasteiger partial charge is 0.308 e. The maximum absolute atomic E-state index is 11.0. The average Bonchev–Trinajstić information content (AvgIpc) is 2.71. The Balaban J connectivity index is 1.94. The van der Waals surface area contributed by atoms with Crippen LogP contribution in [-0.2, 0) is 4.79 Å². The summed E-state index contributed by atoms with van der Waals surface area (Å²) in [5.74, 6) is -0.485. The molecule has 1 unspecified atom stereocenters. The molecule has 2 rings (SSSR count). The molecule has 2 heterocycles. The molecule has 15 heavy (non-hydrogen) atoms. The maximum Gasteiger partial charge on any atom is 0.308 e. The van der Waals surface area contributed by atoms with Gasteiger partial charge in [-0.1, -0.05) is 6.92 Å². The van der Waals surface area contributed by atoms with Crippen molar-refractivity contribution in [2.75, 3.05) is 33.2 Å². The van der Waals surface area contributed by atoms with Gasteiger partial charge in [0.2, 0.25) is 0 Å². The number of hydrogen-bond acceptors (Lipinski definition) is 3. The topological polar surface area (TPSA) is 43.8 Å². The van der Waals surface area contributed by atoms with Gasteiger partial charge < -0.3 is 10.0 Å². The van der Waals surface area contributed by atoms with Crippen LogP contribution < -0.4 is 0 Å². The predicted molar refractivity (Wildman–Crippen MR) is 57.8 cm³/mol. The fraction of sp³-hybridized carbons (Fsp3) is 0.909. The van der Waals surface area contributed by atoms with Gasteiger partial charge in [-0.3, -0.25) is 9.69 Å². The van der Waals surface area contributed by atoms with Crippen LogP contribution in [0.15, 0.2) is 0 Å². The lowest BCUT2D eigenvalue weighted by atomic mass is 9.99. The number of nitrogens with zero attached hydrogens (tertiary/aromatic N) is 2. The Bertz CT molecular complexity index is 257. The van der Waals surface area contributed by atoms with E-state index in [1.165, 1.54) is 6.42 Å². The highest BCUT2D eigenvalue weighted by Gasteiger charge is 2.38. The molecule has 0 aromatic rings. The summed E-state index contributed by atoms with van der Waals surface area (Å²) in [7, 11) is 2.13. The minimum Gasteiger partial charge on any atom is -0.481 e. The largest absolute Gasteiger partial charge is 0.481 e. The normalized spacial score (nSPS) is 38.7. The number of rotatable bonds is 2. The second-order valence-corrected chi connectivity index (χ2v) is 5.08. The van der Waals surface area contributed by atoms with Crippen molar-refractivity contribution in [3.63, 3.8) is 0 Å². The fourth-order valence-corrected chi connectivity index (χ4v) is 2.83. The van der Waals surface area contributed by atoms with Gasteiger partial charge in [-0.15, -0.1) is 0 Å². The molecule has 0 aromatic carbocycles. The standard InChI is InChI=1S/C11H20N2O2/c1-8-5-13(7-10(8)11(14)15)9-3-4-12(2)6-9/h8-10H,3-7H2,1-2H3,(H,14,15)/t8-,9?,10-/m1/s1. The zero-order chi connectivity index (χ0) is 11.0. The summed E-state index contributed by atoms with van der Waals surface area (Å²) in [5.41, 5.74) is 0. The van der Waals surface area contributed by atoms with Crippen LogP contribution in [0.2, 0.25) is 0 Å². The van der Waals surface area contributed by atoms with Crippen LogP contribution >= 0.6 is 0 Å². The molecule has 2 aliphatic heterocycles. The van der Waals surface area contributed by atoms with E-state index in [4.69, 9.17) is 5.11 Å². The van der Waals surface area contributed by atoms with Gasteiger partial charge in [0, 0.05) is 25.7 Å². The third kappa shape index (κ3) is 2.16. The molecule has 0 aliphatic carbocycles. The van der Waals surface area contributed by atoms with Crippen LogP contribution in [0.1, 0.15) is 13.3 Å². The summed E-state index contributed by atoms with van der Waals surface area (Å²) in [6.07, 6.45) is 1.19. The van der Waals surface area contributed by atoms with Gasteiger partial charge in [-0.2, -0.15) is 0 Å². The molecule has 0 aromatic heterocycles. The fourth-order valence-electron chi connectivity index (χ4n) is 2.83. The average molecular weight is 212 g/mol. The number of likely N-dealkylation sites (tertiary alicyclic amines) is 2. The Morgan fingerprint density at radius 1 is 1.33 bits per heavy atom. The van der Waals surface area contributed by atoms with Gasteiger partial charge in [0.25, 0.3) is 0 Å². The third-order valence-corrected chi connectivity index (χ3v) is 3.84. The summed E-state index contributed by atoms with van der Waals surface area (Å²) in [6, 6.07) is 0.585. The molecule has 0 bridgehead atoms. The zero-order valence-electron chi connectivity index (χ0n) is 9.52. The molecule has 4 nitrogen and oxygen atoms in total. The van der Waals surface area contributed by atoms with Gasteiger partial charge in [0.05, 0.1) is 5.92 Å². The summed E-state index contributed by atoms with van der Waals surface area (Å²) >= 11 is 0. The van der Waals surface area contributed by atoms with Crippen molar-refractivity contribution in [1.29, 1.82) is 0 Å². The van der Waals surface area contributed by atoms with Crippen LogP contribution in [0.4, 0.5) is 0 Å². The third-order valence-electron chi connectivity index (χ3n) is 3.84. The SMILES string of the molecule is C[C@@H]1CN(C2CCN(C)C2)C[C@H]1C(=O)O. The number of carbonyl (C=O) groups is 1. The molecule has 2 aliphatic rings. The van der Waals surface area contributed by atoms with E-state index < -0.39 is 5.97 Å². The minimum absolute atomic E-state index is 0.157. The number of carboxylic acids is 1. The van der Waals surface area contributed by atoms with Crippen LogP contribution in [-0.4, -0.2) is 60.1 Å². The van der Waals surface area contributed by atoms with E-state index in [-0.39, 0.29) is 5.92 Å². The summed E-state index contributed by atoms with van der Waals surface area (Å²) < 4.78 is 0. The maximum atomic E-state index is 11.0. The van der Waals surface area contributed by atoms with Gasteiger partial charge in [0.1, 0.15) is 0 Å². The van der Waals surface area contributed by atoms with E-state index in [9.17, 15) is 4.79 Å². The first kappa shape index (κ1) is 10.9. The highest BCUT2D eigenvalue weighted by Crippen LogP contribution is 2.27. The molecule has 4 heteroatoms. The summed E-state index contributed by atoms with van der Waals surface area (Å²) in [5, 5.41) is 9.06. The van der Waals surface area contributed by atoms with Gasteiger partial charge >= 0.3 is 5.97 Å². The Kier molecular flexibility index (Phi) is 2.98. The number of likely N-dealkylation sites (N-methyl/N-ethyl adjacent to an activating group) is 1. The van der Waals surface area contributed by atoms with Crippen molar-refractivity contribution in [2.24, 2.45) is 11.8 Å². The molecule has 0 saturated carbocycles. The highest BCUT2D eigenvalue weighted by atomic mass is 16.4. The summed E-state index contributed by atoms with van der Waals surface area (Å²) in [4.78, 5) is 15.7. The van der Waals surface area contributed by atoms with Crippen molar-refractivity contribution < 1.29 is 9.90 Å². The molecular formula is C11H20N2O2. The molecule has 0 spiro atoms. The van der Waals surface area contributed by atoms with Crippen LogP contribution in [0.3, 0.4) is 0 Å². The first-order valence-corrected chi connectivity index (χ1v) is 5.73. The first-order valence-electron chi connectivity index (χ1n) is 5.73. The Hall–Kier alpha value is -0.610. The van der Waals surface area contributed by atoms with Crippen LogP contribution in [0, 0.1) is 11.8 Å². The van der Waals surface area contributed by atoms with Crippen molar-refractivity contribution >= 4 is 5.97 Å². The van der Waals surface area contributed by atoms with Crippen molar-refractivity contribution in [1.82, 2.24) is 9.80 Å². The molecule has 3 atom stereocenters. The lowest BCUT2D eigenvalue weighted by molar-refractivity contribution is -0.142. The van der Waals surface area contributed by atoms with Gasteiger partial charge in [-0.05, 0) is 25.9 Å². The molecule has 1 N–H and O–H groups in total. The Labute approximate surface area is 90.9 Å². The van der Waals surface area contributed by atoms with E-state index in [0.29, 0.717) is 12.0 Å². The second kappa shape index (κ2) is 4.10. The zero-order valence-corrected chi connectivity index (χ0v) is 9.52. The molecule has 86 valence electrons. The summed E-state index contributed by atoms with van der Waals surface area (Å²) in [6.45, 7) is 5.99. The lowest BCUT2D eigenvalue weighted by Gasteiger charge is -2.23. The van der Waals surface area contributed by atoms with Gasteiger partial charge in [0.15, 0.2) is 0 Å². The van der Waals surface area contributed by atoms with Crippen LogP contribution in [0.25, 0.3) is 0 Å². The van der Waals surface area contributed by atoms with Crippen LogP contribution in [0.5, 0.6) is 0 Å². The van der Waals surface area contributed by atoms with Crippen molar-refractivity contribution in [3.8, 4) is 0 Å². The highest BCUT2D eigenvalue weighted by molar-refractivity contribution is 5.71. The molecule has 2 fully saturated rings. The quantitative estimate of drug-likeness (QED) is 0.717. The monoisotopic (exact) mass is 212 g/mol. The Morgan fingerprint density at radius 3 is 2.53 bits per heavy atom. The van der Waals surface area contributed by atoms with E-state index >= 15 is 0 Å². The van der Waals surface area contributed by atoms with Crippen molar-refractivity contribution in [2.45, 2.75) is 19.4 Å². The van der Waals surface area contributed by atoms with E-state index in [0.717, 1.165) is 26.2 Å². The predicted octanol–water partition coefficient (Wildman–Crippen LogP) is 0.343. The Morgan fingerprint density at radius 2 is 2.07 bits per heavy atom. The second-order valence-electron chi connectivity index (χ2n) is 5.08. The van der Waals surface area contributed by atoms with E-state index in [1.807, 2.05) is 0 Å². The lowest BCUT2D eigenvalue weighted by Crippen LogP contribution is -2.36. The number of aliphatic carboxylic acids is 1. The number of hydrogen-bond donors (Lipinski definition) is 1. The van der Waals surface area contributed by atoms with Crippen molar-refractivity contribution in [3.05, 3.63) is 0 Å². The molecule has 0 amide bonds. The van der Waals surface area contributed by atoms with Gasteiger partial charge in [-0.25, -0.2) is 0 Å². The van der Waals surface area contributed by atoms with E-state index in [1.54, 1.807) is 0 Å². The molecule has 0 radical (unpaired) electrons.